The number of nitrogens with one attached hydrogen (secondary N) is 2. The summed E-state index contributed by atoms with van der Waals surface area (Å²) in [5.74, 6) is 0.345. The molecule has 178 valence electrons. The molecule has 0 atom stereocenters. The van der Waals surface area contributed by atoms with Crippen molar-refractivity contribution in [2.45, 2.75) is 50.1 Å². The Bertz CT molecular complexity index is 1340. The molecule has 3 aromatic rings. The number of fused-ring (bicyclic) bond motifs is 1. The molecule has 2 aliphatic rings. The molecule has 5 rings (SSSR count). The number of anilines is 3. The van der Waals surface area contributed by atoms with Gasteiger partial charge in [-0.15, -0.1) is 0 Å². The van der Waals surface area contributed by atoms with Crippen molar-refractivity contribution in [2.24, 2.45) is 0 Å². The number of benzene rings is 2. The van der Waals surface area contributed by atoms with Gasteiger partial charge < -0.3 is 10.6 Å². The van der Waals surface area contributed by atoms with Crippen LogP contribution in [-0.2, 0) is 35.6 Å². The first-order valence-electron chi connectivity index (χ1n) is 11.4. The fraction of sp³-hybridized carbons (Fsp3) is 0.308. The molecule has 0 bridgehead atoms. The van der Waals surface area contributed by atoms with Crippen molar-refractivity contribution in [3.8, 4) is 6.07 Å². The van der Waals surface area contributed by atoms with Crippen LogP contribution in [0, 0.1) is 11.3 Å². The number of nitrogens with zero attached hydrogens (tertiary/aromatic N) is 3. The summed E-state index contributed by atoms with van der Waals surface area (Å²) in [6, 6.07) is 13.3. The number of aryl methyl sites for hydroxylation is 2. The lowest BCUT2D eigenvalue weighted by atomic mass is 9.64. The summed E-state index contributed by atoms with van der Waals surface area (Å²) in [5, 5.41) is 15.7. The van der Waals surface area contributed by atoms with E-state index in [0.717, 1.165) is 46.7 Å². The van der Waals surface area contributed by atoms with Crippen LogP contribution < -0.4 is 10.6 Å². The standard InChI is InChI=1S/C26H22F3N5O/c27-26(28,29)18-4-2-16(21(14-18)25(15-30)9-1-10-25)3-5-19-8-11-31-24(32-19)33-20-6-7-22-17(12-20)13-23(35)34-22/h2,4,6-8,11-12,14H,1,3,5,9-10,13H2,(H,34,35)(H,31,32,33). The zero-order chi connectivity index (χ0) is 24.6. The molecule has 35 heavy (non-hydrogen) atoms. The van der Waals surface area contributed by atoms with E-state index in [2.05, 4.69) is 26.7 Å². The predicted molar refractivity (Wildman–Crippen MR) is 124 cm³/mol. The van der Waals surface area contributed by atoms with Crippen LogP contribution in [0.15, 0.2) is 48.7 Å². The molecular formula is C26H22F3N5O. The number of alkyl halides is 3. The lowest BCUT2D eigenvalue weighted by Gasteiger charge is -2.37. The van der Waals surface area contributed by atoms with Gasteiger partial charge in [0.25, 0.3) is 0 Å². The summed E-state index contributed by atoms with van der Waals surface area (Å²) >= 11 is 0. The number of halogens is 3. The maximum atomic E-state index is 13.4. The molecule has 9 heteroatoms. The minimum atomic E-state index is -4.46. The summed E-state index contributed by atoms with van der Waals surface area (Å²) in [5.41, 5.74) is 2.82. The summed E-state index contributed by atoms with van der Waals surface area (Å²) < 4.78 is 40.1. The Labute approximate surface area is 200 Å². The molecule has 1 amide bonds. The summed E-state index contributed by atoms with van der Waals surface area (Å²) in [4.78, 5) is 20.4. The lowest BCUT2D eigenvalue weighted by Crippen LogP contribution is -2.34. The van der Waals surface area contributed by atoms with Crippen LogP contribution in [0.1, 0.15) is 47.2 Å². The van der Waals surface area contributed by atoms with Crippen molar-refractivity contribution in [3.63, 3.8) is 0 Å². The topological polar surface area (TPSA) is 90.7 Å². The summed E-state index contributed by atoms with van der Waals surface area (Å²) in [7, 11) is 0. The van der Waals surface area contributed by atoms with E-state index in [4.69, 9.17) is 0 Å². The minimum Gasteiger partial charge on any atom is -0.326 e. The van der Waals surface area contributed by atoms with Crippen LogP contribution in [0.2, 0.25) is 0 Å². The molecule has 2 N–H and O–H groups in total. The average molecular weight is 477 g/mol. The molecule has 1 aliphatic carbocycles. The van der Waals surface area contributed by atoms with Crippen LogP contribution in [0.25, 0.3) is 0 Å². The van der Waals surface area contributed by atoms with Gasteiger partial charge in [0.2, 0.25) is 11.9 Å². The van der Waals surface area contributed by atoms with Gasteiger partial charge in [-0.25, -0.2) is 9.97 Å². The van der Waals surface area contributed by atoms with E-state index in [-0.39, 0.29) is 5.91 Å². The van der Waals surface area contributed by atoms with E-state index in [1.165, 1.54) is 6.07 Å². The Morgan fingerprint density at radius 2 is 1.94 bits per heavy atom. The van der Waals surface area contributed by atoms with Crippen molar-refractivity contribution in [3.05, 3.63) is 76.6 Å². The molecular weight excluding hydrogens is 455 g/mol. The quantitative estimate of drug-likeness (QED) is 0.492. The first-order chi connectivity index (χ1) is 16.8. The Balaban J connectivity index is 1.34. The highest BCUT2D eigenvalue weighted by atomic mass is 19.4. The van der Waals surface area contributed by atoms with Gasteiger partial charge in [-0.05, 0) is 85.2 Å². The smallest absolute Gasteiger partial charge is 0.326 e. The molecule has 2 heterocycles. The zero-order valence-electron chi connectivity index (χ0n) is 18.7. The second kappa shape index (κ2) is 8.69. The molecule has 6 nitrogen and oxygen atoms in total. The number of aromatic nitrogens is 2. The van der Waals surface area contributed by atoms with E-state index in [0.29, 0.717) is 43.6 Å². The molecule has 1 fully saturated rings. The Morgan fingerprint density at radius 3 is 2.66 bits per heavy atom. The zero-order valence-corrected chi connectivity index (χ0v) is 18.7. The number of carbonyl (C=O) groups excluding carboxylic acids is 1. The van der Waals surface area contributed by atoms with Crippen LogP contribution in [0.4, 0.5) is 30.5 Å². The van der Waals surface area contributed by atoms with E-state index >= 15 is 0 Å². The largest absolute Gasteiger partial charge is 0.416 e. The summed E-state index contributed by atoms with van der Waals surface area (Å²) in [6.07, 6.45) is 0.409. The SMILES string of the molecule is N#CC1(c2cc(C(F)(F)F)ccc2CCc2ccnc(Nc3ccc4c(c3)CC(=O)N4)n2)CCC1. The number of hydrogen-bond acceptors (Lipinski definition) is 5. The van der Waals surface area contributed by atoms with Crippen LogP contribution in [-0.4, -0.2) is 15.9 Å². The highest BCUT2D eigenvalue weighted by Gasteiger charge is 2.42. The third-order valence-corrected chi connectivity index (χ3v) is 6.72. The van der Waals surface area contributed by atoms with E-state index in [1.807, 2.05) is 18.2 Å². The maximum absolute atomic E-state index is 13.4. The first kappa shape index (κ1) is 22.8. The second-order valence-electron chi connectivity index (χ2n) is 9.01. The Morgan fingerprint density at radius 1 is 1.11 bits per heavy atom. The monoisotopic (exact) mass is 477 g/mol. The molecule has 1 aromatic heterocycles. The number of carbonyl (C=O) groups is 1. The molecule has 1 saturated carbocycles. The van der Waals surface area contributed by atoms with Crippen LogP contribution >= 0.6 is 0 Å². The fourth-order valence-corrected chi connectivity index (χ4v) is 4.68. The van der Waals surface area contributed by atoms with Crippen molar-refractivity contribution >= 4 is 23.2 Å². The van der Waals surface area contributed by atoms with Crippen LogP contribution in [0.5, 0.6) is 0 Å². The van der Waals surface area contributed by atoms with Gasteiger partial charge in [0, 0.05) is 23.3 Å². The van der Waals surface area contributed by atoms with Crippen molar-refractivity contribution in [2.75, 3.05) is 10.6 Å². The molecule has 0 spiro atoms. The van der Waals surface area contributed by atoms with Gasteiger partial charge in [-0.3, -0.25) is 4.79 Å². The van der Waals surface area contributed by atoms with E-state index in [9.17, 15) is 23.2 Å². The number of nitriles is 1. The highest BCUT2D eigenvalue weighted by Crippen LogP contribution is 2.46. The molecule has 1 aliphatic heterocycles. The normalized spacial score (nSPS) is 16.1. The molecule has 0 unspecified atom stereocenters. The van der Waals surface area contributed by atoms with E-state index < -0.39 is 17.2 Å². The molecule has 0 saturated heterocycles. The van der Waals surface area contributed by atoms with Gasteiger partial charge in [0.15, 0.2) is 0 Å². The average Bonchev–Trinajstić information content (AvgIpc) is 3.17. The second-order valence-corrected chi connectivity index (χ2v) is 9.01. The first-order valence-corrected chi connectivity index (χ1v) is 11.4. The Hall–Kier alpha value is -3.93. The Kier molecular flexibility index (Phi) is 5.67. The van der Waals surface area contributed by atoms with Crippen molar-refractivity contribution in [1.82, 2.24) is 9.97 Å². The lowest BCUT2D eigenvalue weighted by molar-refractivity contribution is -0.137. The van der Waals surface area contributed by atoms with Gasteiger partial charge in [-0.2, -0.15) is 18.4 Å². The maximum Gasteiger partial charge on any atom is 0.416 e. The number of hydrogen-bond donors (Lipinski definition) is 2. The number of amides is 1. The van der Waals surface area contributed by atoms with E-state index in [1.54, 1.807) is 12.3 Å². The van der Waals surface area contributed by atoms with Gasteiger partial charge in [0.1, 0.15) is 0 Å². The molecule has 2 aromatic carbocycles. The molecule has 0 radical (unpaired) electrons. The minimum absolute atomic E-state index is 0.0434. The van der Waals surface area contributed by atoms with Crippen molar-refractivity contribution < 1.29 is 18.0 Å². The third-order valence-electron chi connectivity index (χ3n) is 6.72. The number of rotatable bonds is 6. The third kappa shape index (κ3) is 4.56. The highest BCUT2D eigenvalue weighted by molar-refractivity contribution is 5.99. The van der Waals surface area contributed by atoms with Crippen molar-refractivity contribution in [1.29, 1.82) is 5.26 Å². The summed E-state index contributed by atoms with van der Waals surface area (Å²) in [6.45, 7) is 0. The van der Waals surface area contributed by atoms with Gasteiger partial charge in [-0.1, -0.05) is 6.07 Å². The van der Waals surface area contributed by atoms with Gasteiger partial charge >= 0.3 is 6.18 Å². The predicted octanol–water partition coefficient (Wildman–Crippen LogP) is 5.46. The van der Waals surface area contributed by atoms with Gasteiger partial charge in [0.05, 0.1) is 23.5 Å². The fourth-order valence-electron chi connectivity index (χ4n) is 4.68. The van der Waals surface area contributed by atoms with Crippen LogP contribution in [0.3, 0.4) is 0 Å².